The van der Waals surface area contributed by atoms with Gasteiger partial charge in [0, 0.05) is 16.0 Å². The van der Waals surface area contributed by atoms with Gasteiger partial charge < -0.3 is 5.32 Å². The molecule has 2 rings (SSSR count). The predicted octanol–water partition coefficient (Wildman–Crippen LogP) is 3.89. The number of rotatable bonds is 3. The van der Waals surface area contributed by atoms with Gasteiger partial charge in [-0.25, -0.2) is 4.98 Å². The van der Waals surface area contributed by atoms with E-state index < -0.39 is 0 Å². The smallest absolute Gasteiger partial charge is 0.183 e. The van der Waals surface area contributed by atoms with Crippen LogP contribution in [0.2, 0.25) is 0 Å². The van der Waals surface area contributed by atoms with Crippen LogP contribution in [0, 0.1) is 6.92 Å². The standard InChI is InChI=1S/C9H9BrN2S2/c1-6-4-11-9(13-6)12-5-7-2-3-8(10)14-7/h2-4H,5H2,1H3,(H,11,12). The van der Waals surface area contributed by atoms with Gasteiger partial charge in [-0.3, -0.25) is 0 Å². The molecule has 5 heteroatoms. The third-order valence-electron chi connectivity index (χ3n) is 1.66. The first kappa shape index (κ1) is 10.1. The number of hydrogen-bond donors (Lipinski definition) is 1. The SMILES string of the molecule is Cc1cnc(NCc2ccc(Br)s2)s1. The van der Waals surface area contributed by atoms with Gasteiger partial charge in [-0.15, -0.1) is 22.7 Å². The second-order valence-electron chi connectivity index (χ2n) is 2.84. The van der Waals surface area contributed by atoms with Crippen LogP contribution in [0.1, 0.15) is 9.75 Å². The summed E-state index contributed by atoms with van der Waals surface area (Å²) in [5.74, 6) is 0. The minimum atomic E-state index is 0.850. The van der Waals surface area contributed by atoms with E-state index in [2.05, 4.69) is 45.3 Å². The average molecular weight is 289 g/mol. The van der Waals surface area contributed by atoms with Crippen LogP contribution in [0.4, 0.5) is 5.13 Å². The second-order valence-corrected chi connectivity index (χ2v) is 6.62. The Morgan fingerprint density at radius 2 is 2.29 bits per heavy atom. The van der Waals surface area contributed by atoms with E-state index in [4.69, 9.17) is 0 Å². The summed E-state index contributed by atoms with van der Waals surface area (Å²) >= 11 is 6.87. The summed E-state index contributed by atoms with van der Waals surface area (Å²) in [6.45, 7) is 2.91. The third kappa shape index (κ3) is 2.56. The molecule has 0 saturated carbocycles. The largest absolute Gasteiger partial charge is 0.357 e. The van der Waals surface area contributed by atoms with Crippen molar-refractivity contribution < 1.29 is 0 Å². The van der Waals surface area contributed by atoms with Crippen molar-refractivity contribution in [3.8, 4) is 0 Å². The van der Waals surface area contributed by atoms with Gasteiger partial charge in [0.25, 0.3) is 0 Å². The van der Waals surface area contributed by atoms with Crippen molar-refractivity contribution in [3.63, 3.8) is 0 Å². The number of nitrogens with zero attached hydrogens (tertiary/aromatic N) is 1. The Bertz CT molecular complexity index is 382. The van der Waals surface area contributed by atoms with Crippen molar-refractivity contribution in [2.24, 2.45) is 0 Å². The van der Waals surface area contributed by atoms with Gasteiger partial charge in [0.05, 0.1) is 10.3 Å². The first-order valence-corrected chi connectivity index (χ1v) is 6.57. The Balaban J connectivity index is 1.94. The maximum absolute atomic E-state index is 4.24. The van der Waals surface area contributed by atoms with Crippen molar-refractivity contribution >= 4 is 43.7 Å². The highest BCUT2D eigenvalue weighted by Gasteiger charge is 2.00. The van der Waals surface area contributed by atoms with Crippen LogP contribution < -0.4 is 5.32 Å². The number of thiophene rings is 1. The molecule has 0 aliphatic heterocycles. The monoisotopic (exact) mass is 288 g/mol. The third-order valence-corrected chi connectivity index (χ3v) is 4.16. The molecule has 74 valence electrons. The summed E-state index contributed by atoms with van der Waals surface area (Å²) in [7, 11) is 0. The summed E-state index contributed by atoms with van der Waals surface area (Å²) in [4.78, 5) is 6.78. The zero-order valence-corrected chi connectivity index (χ0v) is 10.8. The van der Waals surface area contributed by atoms with E-state index in [-0.39, 0.29) is 0 Å². The van der Waals surface area contributed by atoms with Gasteiger partial charge in [-0.05, 0) is 35.0 Å². The second kappa shape index (κ2) is 4.42. The molecule has 0 amide bonds. The first-order chi connectivity index (χ1) is 6.74. The van der Waals surface area contributed by atoms with Crippen LogP contribution >= 0.6 is 38.6 Å². The molecule has 0 fully saturated rings. The van der Waals surface area contributed by atoms with Gasteiger partial charge in [0.15, 0.2) is 5.13 Å². The lowest BCUT2D eigenvalue weighted by atomic mass is 10.5. The first-order valence-electron chi connectivity index (χ1n) is 4.14. The number of halogens is 1. The molecular formula is C9H9BrN2S2. The number of nitrogens with one attached hydrogen (secondary N) is 1. The Hall–Kier alpha value is -0.390. The fraction of sp³-hybridized carbons (Fsp3) is 0.222. The number of aromatic nitrogens is 1. The number of hydrogen-bond acceptors (Lipinski definition) is 4. The van der Waals surface area contributed by atoms with Crippen LogP contribution in [-0.4, -0.2) is 4.98 Å². The molecule has 0 aliphatic rings. The van der Waals surface area contributed by atoms with E-state index in [1.54, 1.807) is 22.7 Å². The summed E-state index contributed by atoms with van der Waals surface area (Å²) in [5.41, 5.74) is 0. The van der Waals surface area contributed by atoms with Crippen molar-refractivity contribution in [2.45, 2.75) is 13.5 Å². The Morgan fingerprint density at radius 1 is 1.43 bits per heavy atom. The Kier molecular flexibility index (Phi) is 3.20. The molecule has 0 bridgehead atoms. The van der Waals surface area contributed by atoms with Crippen molar-refractivity contribution in [3.05, 3.63) is 31.9 Å². The van der Waals surface area contributed by atoms with Crippen LogP contribution in [-0.2, 0) is 6.54 Å². The maximum atomic E-state index is 4.24. The Morgan fingerprint density at radius 3 is 2.86 bits per heavy atom. The summed E-state index contributed by atoms with van der Waals surface area (Å²) in [6.07, 6.45) is 1.89. The summed E-state index contributed by atoms with van der Waals surface area (Å²) in [5, 5.41) is 4.28. The highest BCUT2D eigenvalue weighted by atomic mass is 79.9. The van der Waals surface area contributed by atoms with Gasteiger partial charge in [0.1, 0.15) is 0 Å². The predicted molar refractivity (Wildman–Crippen MR) is 66.2 cm³/mol. The fourth-order valence-electron chi connectivity index (χ4n) is 1.05. The lowest BCUT2D eigenvalue weighted by Crippen LogP contribution is -1.95. The number of aryl methyl sites for hydroxylation is 1. The number of anilines is 1. The van der Waals surface area contributed by atoms with Gasteiger partial charge in [0.2, 0.25) is 0 Å². The normalized spacial score (nSPS) is 10.4. The van der Waals surface area contributed by atoms with Crippen LogP contribution in [0.15, 0.2) is 22.1 Å². The number of thiazole rings is 1. The van der Waals surface area contributed by atoms with Gasteiger partial charge >= 0.3 is 0 Å². The summed E-state index contributed by atoms with van der Waals surface area (Å²) < 4.78 is 1.17. The lowest BCUT2D eigenvalue weighted by molar-refractivity contribution is 1.17. The fourth-order valence-corrected chi connectivity index (χ4v) is 3.13. The van der Waals surface area contributed by atoms with Gasteiger partial charge in [-0.2, -0.15) is 0 Å². The molecule has 0 aliphatic carbocycles. The van der Waals surface area contributed by atoms with E-state index in [1.807, 2.05) is 6.20 Å². The molecule has 2 aromatic heterocycles. The van der Waals surface area contributed by atoms with E-state index in [0.717, 1.165) is 11.7 Å². The zero-order chi connectivity index (χ0) is 9.97. The van der Waals surface area contributed by atoms with Crippen molar-refractivity contribution in [1.82, 2.24) is 4.98 Å². The van der Waals surface area contributed by atoms with Gasteiger partial charge in [-0.1, -0.05) is 0 Å². The van der Waals surface area contributed by atoms with Crippen LogP contribution in [0.3, 0.4) is 0 Å². The van der Waals surface area contributed by atoms with Crippen LogP contribution in [0.5, 0.6) is 0 Å². The molecule has 14 heavy (non-hydrogen) atoms. The van der Waals surface area contributed by atoms with Crippen molar-refractivity contribution in [1.29, 1.82) is 0 Å². The minimum absolute atomic E-state index is 0.850. The zero-order valence-electron chi connectivity index (χ0n) is 7.58. The quantitative estimate of drug-likeness (QED) is 0.927. The molecule has 0 saturated heterocycles. The molecule has 2 aromatic rings. The molecule has 0 radical (unpaired) electrons. The van der Waals surface area contributed by atoms with E-state index in [9.17, 15) is 0 Å². The van der Waals surface area contributed by atoms with Crippen molar-refractivity contribution in [2.75, 3.05) is 5.32 Å². The molecule has 1 N–H and O–H groups in total. The van der Waals surface area contributed by atoms with Crippen LogP contribution in [0.25, 0.3) is 0 Å². The van der Waals surface area contributed by atoms with E-state index in [1.165, 1.54) is 13.5 Å². The topological polar surface area (TPSA) is 24.9 Å². The molecular weight excluding hydrogens is 280 g/mol. The molecule has 2 nitrogen and oxygen atoms in total. The molecule has 0 aromatic carbocycles. The highest BCUT2D eigenvalue weighted by Crippen LogP contribution is 2.23. The Labute approximate surface area is 99.1 Å². The average Bonchev–Trinajstić information content (AvgIpc) is 2.72. The van der Waals surface area contributed by atoms with E-state index >= 15 is 0 Å². The molecule has 0 spiro atoms. The minimum Gasteiger partial charge on any atom is -0.357 e. The van der Waals surface area contributed by atoms with E-state index in [0.29, 0.717) is 0 Å². The summed E-state index contributed by atoms with van der Waals surface area (Å²) in [6, 6.07) is 4.18. The highest BCUT2D eigenvalue weighted by molar-refractivity contribution is 9.11. The lowest BCUT2D eigenvalue weighted by Gasteiger charge is -1.98. The molecule has 0 atom stereocenters. The molecule has 0 unspecified atom stereocenters. The molecule has 2 heterocycles. The maximum Gasteiger partial charge on any atom is 0.183 e.